The molecule has 0 N–H and O–H groups in total. The van der Waals surface area contributed by atoms with Gasteiger partial charge in [0.25, 0.3) is 0 Å². The number of hydrogen-bond donors (Lipinski definition) is 0. The molecule has 3 aromatic rings. The maximum atomic E-state index is 12.9. The fraction of sp³-hybridized carbons (Fsp3) is 0.462. The van der Waals surface area contributed by atoms with Gasteiger partial charge in [-0.05, 0) is 50.3 Å². The summed E-state index contributed by atoms with van der Waals surface area (Å²) in [6.45, 7) is 4.95. The second kappa shape index (κ2) is 12.1. The van der Waals surface area contributed by atoms with E-state index < -0.39 is 11.7 Å². The molecule has 36 heavy (non-hydrogen) atoms. The number of piperazine rings is 1. The fourth-order valence-electron chi connectivity index (χ4n) is 3.95. The monoisotopic (exact) mass is 521 g/mol. The van der Waals surface area contributed by atoms with E-state index in [2.05, 4.69) is 21.8 Å². The van der Waals surface area contributed by atoms with Crippen molar-refractivity contribution in [2.75, 3.05) is 45.6 Å². The Morgan fingerprint density at radius 3 is 2.58 bits per heavy atom. The minimum Gasteiger partial charge on any atom is -0.487 e. The largest absolute Gasteiger partial charge is 0.487 e. The average molecular weight is 522 g/mol. The Morgan fingerprint density at radius 1 is 1.06 bits per heavy atom. The summed E-state index contributed by atoms with van der Waals surface area (Å²) in [5, 5.41) is 1.38. The predicted molar refractivity (Wildman–Crippen MR) is 135 cm³/mol. The number of thioether (sulfide) groups is 1. The summed E-state index contributed by atoms with van der Waals surface area (Å²) < 4.78 is 50.1. The van der Waals surface area contributed by atoms with Gasteiger partial charge in [-0.3, -0.25) is 9.69 Å². The summed E-state index contributed by atoms with van der Waals surface area (Å²) in [5.74, 6) is 1.66. The molecule has 1 aromatic carbocycles. The van der Waals surface area contributed by atoms with Crippen LogP contribution in [0.1, 0.15) is 30.6 Å². The van der Waals surface area contributed by atoms with E-state index in [4.69, 9.17) is 9.15 Å². The molecule has 3 heterocycles. The lowest BCUT2D eigenvalue weighted by Gasteiger charge is -2.31. The van der Waals surface area contributed by atoms with Gasteiger partial charge >= 0.3 is 6.18 Å². The molecular weight excluding hydrogens is 491 g/mol. The first-order chi connectivity index (χ1) is 17.3. The lowest BCUT2D eigenvalue weighted by molar-refractivity contribution is -0.137. The van der Waals surface area contributed by atoms with Crippen molar-refractivity contribution in [1.29, 1.82) is 0 Å². The molecule has 0 unspecified atom stereocenters. The second-order valence-corrected chi connectivity index (χ2v) is 10.1. The molecule has 0 bridgehead atoms. The molecule has 194 valence electrons. The van der Waals surface area contributed by atoms with Gasteiger partial charge in [0, 0.05) is 37.6 Å². The molecular formula is C26H30F3N3O3S. The highest BCUT2D eigenvalue weighted by Gasteiger charge is 2.30. The number of fused-ring (bicyclic) bond motifs is 1. The van der Waals surface area contributed by atoms with E-state index in [1.54, 1.807) is 6.07 Å². The molecule has 0 radical (unpaired) electrons. The van der Waals surface area contributed by atoms with Crippen LogP contribution in [0.5, 0.6) is 5.75 Å². The maximum Gasteiger partial charge on any atom is 0.416 e. The van der Waals surface area contributed by atoms with Crippen LogP contribution >= 0.6 is 11.8 Å². The average Bonchev–Trinajstić information content (AvgIpc) is 2.85. The number of likely N-dealkylation sites (N-methyl/N-ethyl adjacent to an activating group) is 1. The van der Waals surface area contributed by atoms with Crippen LogP contribution in [0, 0.1) is 0 Å². The molecule has 1 aliphatic rings. The number of ether oxygens (including phenoxy) is 1. The van der Waals surface area contributed by atoms with E-state index in [1.807, 2.05) is 6.07 Å². The molecule has 10 heteroatoms. The number of nitrogens with zero attached hydrogens (tertiary/aromatic N) is 3. The van der Waals surface area contributed by atoms with Gasteiger partial charge in [0.2, 0.25) is 11.2 Å². The molecule has 1 saturated heterocycles. The van der Waals surface area contributed by atoms with Crippen molar-refractivity contribution in [2.24, 2.45) is 0 Å². The first-order valence-corrected chi connectivity index (χ1v) is 13.0. The number of unbranched alkanes of at least 4 members (excludes halogenated alkanes) is 2. The normalized spacial score (nSPS) is 15.4. The van der Waals surface area contributed by atoms with Crippen LogP contribution < -0.4 is 10.2 Å². The highest BCUT2D eigenvalue weighted by atomic mass is 32.2. The molecule has 1 fully saturated rings. The Kier molecular flexibility index (Phi) is 8.92. The molecule has 0 aliphatic carbocycles. The van der Waals surface area contributed by atoms with Crippen LogP contribution in [0.25, 0.3) is 10.9 Å². The van der Waals surface area contributed by atoms with E-state index >= 15 is 0 Å². The van der Waals surface area contributed by atoms with E-state index in [-0.39, 0.29) is 11.2 Å². The standard InChI is InChI=1S/C26H30F3N3O3S/c1-31-9-11-32(12-10-31)17-21-16-23(33)24(18-35-21)34-13-3-2-4-14-36-25-8-6-19-5-7-20(26(27,28)29)15-22(19)30-25/h5-8,15-16,18H,2-4,9-14,17H2,1H3. The SMILES string of the molecule is CN1CCN(Cc2cc(=O)c(OCCCCCSc3ccc4ccc(C(F)(F)F)cc4n3)co2)CC1. The minimum atomic E-state index is -4.38. The van der Waals surface area contributed by atoms with Crippen LogP contribution in [0.15, 0.2) is 56.9 Å². The van der Waals surface area contributed by atoms with E-state index in [0.29, 0.717) is 34.8 Å². The molecule has 1 aliphatic heterocycles. The van der Waals surface area contributed by atoms with Crippen molar-refractivity contribution in [3.05, 3.63) is 64.2 Å². The van der Waals surface area contributed by atoms with Crippen LogP contribution in [0.3, 0.4) is 0 Å². The quantitative estimate of drug-likeness (QED) is 0.265. The van der Waals surface area contributed by atoms with E-state index in [1.165, 1.54) is 30.2 Å². The smallest absolute Gasteiger partial charge is 0.416 e. The summed E-state index contributed by atoms with van der Waals surface area (Å²) in [6.07, 6.45) is -0.405. The van der Waals surface area contributed by atoms with Gasteiger partial charge in [0.05, 0.1) is 29.3 Å². The molecule has 0 spiro atoms. The van der Waals surface area contributed by atoms with Gasteiger partial charge in [-0.15, -0.1) is 11.8 Å². The first-order valence-electron chi connectivity index (χ1n) is 12.0. The summed E-state index contributed by atoms with van der Waals surface area (Å²) in [5.41, 5.74) is -0.517. The minimum absolute atomic E-state index is 0.169. The zero-order valence-corrected chi connectivity index (χ0v) is 21.0. The number of pyridine rings is 1. The summed E-state index contributed by atoms with van der Waals surface area (Å²) in [6, 6.07) is 8.74. The predicted octanol–water partition coefficient (Wildman–Crippen LogP) is 5.30. The molecule has 0 atom stereocenters. The number of rotatable bonds is 10. The van der Waals surface area contributed by atoms with Gasteiger partial charge < -0.3 is 14.1 Å². The summed E-state index contributed by atoms with van der Waals surface area (Å²) >= 11 is 1.52. The number of halogens is 3. The third-order valence-electron chi connectivity index (χ3n) is 6.12. The van der Waals surface area contributed by atoms with Crippen molar-refractivity contribution in [3.63, 3.8) is 0 Å². The van der Waals surface area contributed by atoms with Crippen molar-refractivity contribution in [1.82, 2.24) is 14.8 Å². The Morgan fingerprint density at radius 2 is 1.83 bits per heavy atom. The van der Waals surface area contributed by atoms with Crippen molar-refractivity contribution < 1.29 is 22.3 Å². The third kappa shape index (κ3) is 7.47. The highest BCUT2D eigenvalue weighted by Crippen LogP contribution is 2.31. The Balaban J connectivity index is 1.16. The molecule has 0 saturated carbocycles. The van der Waals surface area contributed by atoms with E-state index in [0.717, 1.165) is 63.3 Å². The molecule has 4 rings (SSSR count). The second-order valence-electron chi connectivity index (χ2n) is 8.97. The summed E-state index contributed by atoms with van der Waals surface area (Å²) in [4.78, 5) is 21.3. The lowest BCUT2D eigenvalue weighted by Crippen LogP contribution is -2.43. The van der Waals surface area contributed by atoms with Gasteiger partial charge in [0.1, 0.15) is 12.0 Å². The van der Waals surface area contributed by atoms with Gasteiger partial charge in [-0.25, -0.2) is 4.98 Å². The first kappa shape index (κ1) is 26.5. The number of aromatic nitrogens is 1. The maximum absolute atomic E-state index is 12.9. The molecule has 0 amide bonds. The topological polar surface area (TPSA) is 58.8 Å². The zero-order valence-electron chi connectivity index (χ0n) is 20.2. The third-order valence-corrected chi connectivity index (χ3v) is 7.13. The van der Waals surface area contributed by atoms with Crippen molar-refractivity contribution >= 4 is 22.7 Å². The van der Waals surface area contributed by atoms with E-state index in [9.17, 15) is 18.0 Å². The van der Waals surface area contributed by atoms with Crippen LogP contribution in [0.4, 0.5) is 13.2 Å². The van der Waals surface area contributed by atoms with Gasteiger partial charge in [-0.1, -0.05) is 12.1 Å². The van der Waals surface area contributed by atoms with Gasteiger partial charge in [0.15, 0.2) is 0 Å². The van der Waals surface area contributed by atoms with Crippen LogP contribution in [0.2, 0.25) is 0 Å². The van der Waals surface area contributed by atoms with Crippen LogP contribution in [-0.4, -0.2) is 60.4 Å². The highest BCUT2D eigenvalue weighted by molar-refractivity contribution is 7.99. The Bertz CT molecular complexity index is 1210. The van der Waals surface area contributed by atoms with Gasteiger partial charge in [-0.2, -0.15) is 13.2 Å². The van der Waals surface area contributed by atoms with Crippen LogP contribution in [-0.2, 0) is 12.7 Å². The molecule has 6 nitrogen and oxygen atoms in total. The summed E-state index contributed by atoms with van der Waals surface area (Å²) in [7, 11) is 2.10. The lowest BCUT2D eigenvalue weighted by atomic mass is 10.1. The molecule has 2 aromatic heterocycles. The van der Waals surface area contributed by atoms with Crippen molar-refractivity contribution in [3.8, 4) is 5.75 Å². The number of benzene rings is 1. The zero-order chi connectivity index (χ0) is 25.5. The number of hydrogen-bond acceptors (Lipinski definition) is 7. The Labute approximate surface area is 212 Å². The van der Waals surface area contributed by atoms with Crippen molar-refractivity contribution in [2.45, 2.75) is 37.0 Å². The number of alkyl halides is 3. The Hall–Kier alpha value is -2.56. The fourth-order valence-corrected chi connectivity index (χ4v) is 4.83.